The highest BCUT2D eigenvalue weighted by atomic mass is 35.5. The Labute approximate surface area is 156 Å². The zero-order valence-corrected chi connectivity index (χ0v) is 15.5. The van der Waals surface area contributed by atoms with Crippen LogP contribution in [-0.4, -0.2) is 22.0 Å². The third-order valence-electron chi connectivity index (χ3n) is 4.06. The molecule has 130 valence electrons. The number of halogens is 2. The van der Waals surface area contributed by atoms with Gasteiger partial charge in [-0.25, -0.2) is 4.79 Å². The van der Waals surface area contributed by atoms with Crippen LogP contribution in [0.3, 0.4) is 0 Å². The molecule has 4 nitrogen and oxygen atoms in total. The van der Waals surface area contributed by atoms with Crippen LogP contribution in [0.2, 0.25) is 10.0 Å². The minimum atomic E-state index is -0.158. The van der Waals surface area contributed by atoms with E-state index in [0.717, 1.165) is 22.2 Å². The number of carbonyl (C=O) groups excluding carboxylic acids is 1. The number of nitrogens with zero attached hydrogens (tertiary/aromatic N) is 1. The molecule has 0 radical (unpaired) electrons. The van der Waals surface area contributed by atoms with E-state index in [-0.39, 0.29) is 12.1 Å². The van der Waals surface area contributed by atoms with Gasteiger partial charge in [-0.05, 0) is 49.7 Å². The van der Waals surface area contributed by atoms with E-state index in [0.29, 0.717) is 16.6 Å². The number of aromatic nitrogens is 1. The first-order chi connectivity index (χ1) is 12.0. The molecule has 3 aromatic rings. The number of aromatic amines is 1. The fourth-order valence-corrected chi connectivity index (χ4v) is 3.03. The number of fused-ring (bicyclic) bond motifs is 1. The molecule has 0 fully saturated rings. The Bertz CT molecular complexity index is 905. The molecular weight excluding hydrogens is 357 g/mol. The van der Waals surface area contributed by atoms with Crippen molar-refractivity contribution in [1.29, 1.82) is 0 Å². The van der Waals surface area contributed by atoms with Gasteiger partial charge in [0, 0.05) is 29.7 Å². The summed E-state index contributed by atoms with van der Waals surface area (Å²) in [6.07, 6.45) is 1.86. The highest BCUT2D eigenvalue weighted by Gasteiger charge is 2.18. The quantitative estimate of drug-likeness (QED) is 0.584. The van der Waals surface area contributed by atoms with Gasteiger partial charge in [0.05, 0.1) is 15.7 Å². The average Bonchev–Trinajstić information content (AvgIpc) is 3.05. The van der Waals surface area contributed by atoms with Crippen molar-refractivity contribution in [2.24, 2.45) is 0 Å². The van der Waals surface area contributed by atoms with Crippen LogP contribution < -0.4 is 5.32 Å². The highest BCUT2D eigenvalue weighted by Crippen LogP contribution is 2.25. The van der Waals surface area contributed by atoms with Gasteiger partial charge in [0.2, 0.25) is 0 Å². The van der Waals surface area contributed by atoms with E-state index in [4.69, 9.17) is 23.2 Å². The van der Waals surface area contributed by atoms with Crippen molar-refractivity contribution in [2.45, 2.75) is 26.4 Å². The lowest BCUT2D eigenvalue weighted by Gasteiger charge is -2.27. The van der Waals surface area contributed by atoms with Crippen LogP contribution >= 0.6 is 23.2 Å². The standard InChI is InChI=1S/C19H19Cl2N3O/c1-12(2)24(11-13-6-7-15(20)16(21)10-13)19(25)23-18-5-3-4-17-14(18)8-9-22-17/h3-10,12,22H,11H2,1-2H3,(H,23,25). The summed E-state index contributed by atoms with van der Waals surface area (Å²) in [7, 11) is 0. The minimum absolute atomic E-state index is 0.0277. The summed E-state index contributed by atoms with van der Waals surface area (Å²) in [5.74, 6) is 0. The SMILES string of the molecule is CC(C)N(Cc1ccc(Cl)c(Cl)c1)C(=O)Nc1cccc2[nH]ccc12. The lowest BCUT2D eigenvalue weighted by molar-refractivity contribution is 0.193. The van der Waals surface area contributed by atoms with Gasteiger partial charge in [-0.2, -0.15) is 0 Å². The summed E-state index contributed by atoms with van der Waals surface area (Å²) in [5, 5.41) is 4.98. The zero-order chi connectivity index (χ0) is 18.0. The summed E-state index contributed by atoms with van der Waals surface area (Å²) < 4.78 is 0. The van der Waals surface area contributed by atoms with Gasteiger partial charge in [-0.15, -0.1) is 0 Å². The van der Waals surface area contributed by atoms with Crippen molar-refractivity contribution in [2.75, 3.05) is 5.32 Å². The van der Waals surface area contributed by atoms with Gasteiger partial charge in [-0.3, -0.25) is 0 Å². The first-order valence-corrected chi connectivity index (χ1v) is 8.79. The number of H-pyrrole nitrogens is 1. The van der Waals surface area contributed by atoms with E-state index in [2.05, 4.69) is 10.3 Å². The molecule has 2 amide bonds. The van der Waals surface area contributed by atoms with E-state index >= 15 is 0 Å². The Kier molecular flexibility index (Phi) is 5.21. The molecule has 0 aliphatic carbocycles. The molecule has 3 rings (SSSR count). The number of urea groups is 1. The predicted octanol–water partition coefficient (Wildman–Crippen LogP) is 5.92. The number of nitrogens with one attached hydrogen (secondary N) is 2. The van der Waals surface area contributed by atoms with Gasteiger partial charge < -0.3 is 15.2 Å². The molecule has 1 aromatic heterocycles. The summed E-state index contributed by atoms with van der Waals surface area (Å²) in [6, 6.07) is 13.0. The molecule has 2 aromatic carbocycles. The molecule has 2 N–H and O–H groups in total. The molecule has 0 aliphatic rings. The smallest absolute Gasteiger partial charge is 0.322 e. The van der Waals surface area contributed by atoms with Gasteiger partial charge in [0.1, 0.15) is 0 Å². The number of carbonyl (C=O) groups is 1. The number of hydrogen-bond acceptors (Lipinski definition) is 1. The largest absolute Gasteiger partial charge is 0.361 e. The Hall–Kier alpha value is -2.17. The lowest BCUT2D eigenvalue weighted by Crippen LogP contribution is -2.39. The van der Waals surface area contributed by atoms with E-state index in [1.165, 1.54) is 0 Å². The van der Waals surface area contributed by atoms with Crippen molar-refractivity contribution in [1.82, 2.24) is 9.88 Å². The Balaban J connectivity index is 1.81. The van der Waals surface area contributed by atoms with E-state index in [9.17, 15) is 4.79 Å². The second-order valence-corrected chi connectivity index (χ2v) is 6.96. The zero-order valence-electron chi connectivity index (χ0n) is 14.0. The van der Waals surface area contributed by atoms with Crippen molar-refractivity contribution in [3.8, 4) is 0 Å². The van der Waals surface area contributed by atoms with Crippen molar-refractivity contribution >= 4 is 45.8 Å². The number of anilines is 1. The number of benzene rings is 2. The van der Waals surface area contributed by atoms with Crippen LogP contribution in [0.25, 0.3) is 10.9 Å². The van der Waals surface area contributed by atoms with Gasteiger partial charge >= 0.3 is 6.03 Å². The molecule has 25 heavy (non-hydrogen) atoms. The normalized spacial score (nSPS) is 11.1. The fourth-order valence-electron chi connectivity index (χ4n) is 2.70. The molecule has 0 saturated carbocycles. The lowest BCUT2D eigenvalue weighted by atomic mass is 10.2. The van der Waals surface area contributed by atoms with Gasteiger partial charge in [0.15, 0.2) is 0 Å². The van der Waals surface area contributed by atoms with Crippen molar-refractivity contribution < 1.29 is 4.79 Å². The van der Waals surface area contributed by atoms with Crippen LogP contribution in [0, 0.1) is 0 Å². The molecule has 0 atom stereocenters. The Morgan fingerprint density at radius 3 is 2.68 bits per heavy atom. The molecule has 0 saturated heterocycles. The van der Waals surface area contributed by atoms with E-state index < -0.39 is 0 Å². The molecule has 0 aliphatic heterocycles. The molecule has 0 spiro atoms. The maximum absolute atomic E-state index is 12.8. The Morgan fingerprint density at radius 1 is 1.16 bits per heavy atom. The maximum Gasteiger partial charge on any atom is 0.322 e. The van der Waals surface area contributed by atoms with Crippen molar-refractivity contribution in [3.05, 3.63) is 64.3 Å². The van der Waals surface area contributed by atoms with Crippen LogP contribution in [-0.2, 0) is 6.54 Å². The second kappa shape index (κ2) is 7.38. The third-order valence-corrected chi connectivity index (χ3v) is 4.80. The van der Waals surface area contributed by atoms with Crippen LogP contribution in [0.5, 0.6) is 0 Å². The summed E-state index contributed by atoms with van der Waals surface area (Å²) in [6.45, 7) is 4.41. The third kappa shape index (κ3) is 3.91. The van der Waals surface area contributed by atoms with E-state index in [1.54, 1.807) is 17.0 Å². The molecule has 0 bridgehead atoms. The molecular formula is C19H19Cl2N3O. The molecule has 0 unspecified atom stereocenters. The second-order valence-electron chi connectivity index (χ2n) is 6.14. The van der Waals surface area contributed by atoms with Gasteiger partial charge in [0.25, 0.3) is 0 Å². The fraction of sp³-hybridized carbons (Fsp3) is 0.211. The van der Waals surface area contributed by atoms with Crippen molar-refractivity contribution in [3.63, 3.8) is 0 Å². The van der Waals surface area contributed by atoms with Crippen LogP contribution in [0.1, 0.15) is 19.4 Å². The highest BCUT2D eigenvalue weighted by molar-refractivity contribution is 6.42. The number of rotatable bonds is 4. The predicted molar refractivity (Wildman–Crippen MR) is 104 cm³/mol. The van der Waals surface area contributed by atoms with E-state index in [1.807, 2.05) is 50.4 Å². The summed E-state index contributed by atoms with van der Waals surface area (Å²) in [4.78, 5) is 17.7. The number of hydrogen-bond donors (Lipinski definition) is 2. The Morgan fingerprint density at radius 2 is 1.96 bits per heavy atom. The van der Waals surface area contributed by atoms with Crippen LogP contribution in [0.15, 0.2) is 48.7 Å². The first-order valence-electron chi connectivity index (χ1n) is 8.03. The molecule has 1 heterocycles. The minimum Gasteiger partial charge on any atom is -0.361 e. The topological polar surface area (TPSA) is 48.1 Å². The summed E-state index contributed by atoms with van der Waals surface area (Å²) in [5.41, 5.74) is 2.69. The first kappa shape index (κ1) is 17.6. The summed E-state index contributed by atoms with van der Waals surface area (Å²) >= 11 is 12.1. The van der Waals surface area contributed by atoms with Crippen LogP contribution in [0.4, 0.5) is 10.5 Å². The molecule has 6 heteroatoms. The monoisotopic (exact) mass is 375 g/mol. The van der Waals surface area contributed by atoms with Gasteiger partial charge in [-0.1, -0.05) is 35.3 Å². The maximum atomic E-state index is 12.8. The number of amides is 2. The average molecular weight is 376 g/mol.